The highest BCUT2D eigenvalue weighted by atomic mass is 79.9. The summed E-state index contributed by atoms with van der Waals surface area (Å²) in [5.41, 5.74) is 4.09. The number of halogens is 3. The molecule has 3 aromatic rings. The summed E-state index contributed by atoms with van der Waals surface area (Å²) in [5, 5.41) is 4.26. The standard InChI is InChI=1S/C15H13BrF2N4S/c1-8-5-10(3-4-11(8)16)14-20-15(13-9(2)23-7-19-13)22(21-14)6-12(17)18/h3-5,7,12H,6H2,1-2H3. The highest BCUT2D eigenvalue weighted by Gasteiger charge is 2.19. The van der Waals surface area contributed by atoms with Crippen LogP contribution in [0.5, 0.6) is 0 Å². The van der Waals surface area contributed by atoms with Gasteiger partial charge in [-0.25, -0.2) is 23.4 Å². The predicted octanol–water partition coefficient (Wildman–Crippen LogP) is 4.71. The van der Waals surface area contributed by atoms with Gasteiger partial charge in [-0.3, -0.25) is 0 Å². The van der Waals surface area contributed by atoms with Gasteiger partial charge in [-0.15, -0.1) is 11.3 Å². The average molecular weight is 399 g/mol. The van der Waals surface area contributed by atoms with Crippen molar-refractivity contribution >= 4 is 27.3 Å². The van der Waals surface area contributed by atoms with Crippen LogP contribution in [-0.4, -0.2) is 26.2 Å². The number of hydrogen-bond acceptors (Lipinski definition) is 4. The molecule has 8 heteroatoms. The van der Waals surface area contributed by atoms with Crippen molar-refractivity contribution in [1.82, 2.24) is 19.7 Å². The van der Waals surface area contributed by atoms with Gasteiger partial charge in [-0.2, -0.15) is 5.10 Å². The molecule has 0 N–H and O–H groups in total. The van der Waals surface area contributed by atoms with E-state index in [1.54, 1.807) is 5.51 Å². The van der Waals surface area contributed by atoms with Crippen LogP contribution < -0.4 is 0 Å². The molecule has 0 aliphatic carbocycles. The lowest BCUT2D eigenvalue weighted by Crippen LogP contribution is -2.10. The topological polar surface area (TPSA) is 43.6 Å². The van der Waals surface area contributed by atoms with E-state index in [1.165, 1.54) is 16.0 Å². The summed E-state index contributed by atoms with van der Waals surface area (Å²) >= 11 is 4.89. The predicted molar refractivity (Wildman–Crippen MR) is 89.7 cm³/mol. The molecule has 3 rings (SSSR count). The van der Waals surface area contributed by atoms with Crippen molar-refractivity contribution < 1.29 is 8.78 Å². The summed E-state index contributed by atoms with van der Waals surface area (Å²) in [6, 6.07) is 5.67. The van der Waals surface area contributed by atoms with Gasteiger partial charge >= 0.3 is 0 Å². The summed E-state index contributed by atoms with van der Waals surface area (Å²) in [7, 11) is 0. The first-order chi connectivity index (χ1) is 11.0. The van der Waals surface area contributed by atoms with Crippen LogP contribution in [0.3, 0.4) is 0 Å². The minimum atomic E-state index is -2.51. The Morgan fingerprint density at radius 2 is 2.09 bits per heavy atom. The SMILES string of the molecule is Cc1cc(-c2nc(-c3ncsc3C)n(CC(F)F)n2)ccc1Br. The molecule has 0 aliphatic rings. The van der Waals surface area contributed by atoms with Crippen LogP contribution in [0.1, 0.15) is 10.4 Å². The Hall–Kier alpha value is -1.67. The van der Waals surface area contributed by atoms with Crippen molar-refractivity contribution in [1.29, 1.82) is 0 Å². The first kappa shape index (κ1) is 16.2. The van der Waals surface area contributed by atoms with Crippen LogP contribution in [0.15, 0.2) is 28.2 Å². The van der Waals surface area contributed by atoms with Gasteiger partial charge in [-0.1, -0.05) is 15.9 Å². The zero-order valence-corrected chi connectivity index (χ0v) is 14.8. The fourth-order valence-corrected chi connectivity index (χ4v) is 3.02. The van der Waals surface area contributed by atoms with Crippen molar-refractivity contribution in [2.45, 2.75) is 26.8 Å². The Kier molecular flexibility index (Phi) is 4.54. The van der Waals surface area contributed by atoms with E-state index in [9.17, 15) is 8.78 Å². The fourth-order valence-electron chi connectivity index (χ4n) is 2.20. The van der Waals surface area contributed by atoms with Crippen molar-refractivity contribution in [3.05, 3.63) is 38.6 Å². The normalized spacial score (nSPS) is 11.4. The maximum absolute atomic E-state index is 12.9. The molecule has 0 saturated carbocycles. The molecule has 0 amide bonds. The van der Waals surface area contributed by atoms with E-state index in [4.69, 9.17) is 0 Å². The van der Waals surface area contributed by atoms with Crippen molar-refractivity contribution in [3.63, 3.8) is 0 Å². The van der Waals surface area contributed by atoms with Gasteiger partial charge in [0.25, 0.3) is 6.43 Å². The van der Waals surface area contributed by atoms with E-state index in [1.807, 2.05) is 32.0 Å². The Morgan fingerprint density at radius 3 is 2.70 bits per heavy atom. The molecule has 0 atom stereocenters. The molecule has 0 fully saturated rings. The molecule has 4 nitrogen and oxygen atoms in total. The molecule has 2 aromatic heterocycles. The molecule has 0 radical (unpaired) electrons. The van der Waals surface area contributed by atoms with E-state index < -0.39 is 13.0 Å². The molecular weight excluding hydrogens is 386 g/mol. The van der Waals surface area contributed by atoms with Crippen LogP contribution in [-0.2, 0) is 6.54 Å². The zero-order chi connectivity index (χ0) is 16.6. The third-order valence-corrected chi connectivity index (χ3v) is 5.00. The van der Waals surface area contributed by atoms with Crippen LogP contribution >= 0.6 is 27.3 Å². The number of aryl methyl sites for hydroxylation is 2. The summed E-state index contributed by atoms with van der Waals surface area (Å²) in [6.07, 6.45) is -2.51. The van der Waals surface area contributed by atoms with Gasteiger partial charge in [0.1, 0.15) is 12.2 Å². The third kappa shape index (κ3) is 3.32. The average Bonchev–Trinajstić information content (AvgIpc) is 3.07. The molecule has 23 heavy (non-hydrogen) atoms. The molecule has 2 heterocycles. The van der Waals surface area contributed by atoms with Gasteiger partial charge in [0.2, 0.25) is 0 Å². The number of rotatable bonds is 4. The number of benzene rings is 1. The minimum Gasteiger partial charge on any atom is -0.241 e. The maximum Gasteiger partial charge on any atom is 0.258 e. The number of thiazole rings is 1. The number of aromatic nitrogens is 4. The third-order valence-electron chi connectivity index (χ3n) is 3.36. The lowest BCUT2D eigenvalue weighted by molar-refractivity contribution is 0.122. The van der Waals surface area contributed by atoms with Gasteiger partial charge in [0.05, 0.1) is 5.51 Å². The van der Waals surface area contributed by atoms with E-state index >= 15 is 0 Å². The molecule has 120 valence electrons. The number of hydrogen-bond donors (Lipinski definition) is 0. The first-order valence-electron chi connectivity index (χ1n) is 6.85. The summed E-state index contributed by atoms with van der Waals surface area (Å²) in [5.74, 6) is 0.795. The van der Waals surface area contributed by atoms with E-state index in [0.29, 0.717) is 17.3 Å². The Bertz CT molecular complexity index is 844. The molecule has 0 unspecified atom stereocenters. The van der Waals surface area contributed by atoms with Crippen molar-refractivity contribution in [3.8, 4) is 22.9 Å². The lowest BCUT2D eigenvalue weighted by atomic mass is 10.1. The summed E-state index contributed by atoms with van der Waals surface area (Å²) in [4.78, 5) is 9.61. The lowest BCUT2D eigenvalue weighted by Gasteiger charge is -2.03. The van der Waals surface area contributed by atoms with E-state index in [-0.39, 0.29) is 0 Å². The molecule has 0 saturated heterocycles. The molecule has 0 bridgehead atoms. The van der Waals surface area contributed by atoms with Crippen LogP contribution in [0.2, 0.25) is 0 Å². The second-order valence-electron chi connectivity index (χ2n) is 5.05. The molecule has 1 aromatic carbocycles. The van der Waals surface area contributed by atoms with Crippen LogP contribution in [0, 0.1) is 13.8 Å². The van der Waals surface area contributed by atoms with Crippen molar-refractivity contribution in [2.75, 3.05) is 0 Å². The first-order valence-corrected chi connectivity index (χ1v) is 8.53. The van der Waals surface area contributed by atoms with Crippen molar-refractivity contribution in [2.24, 2.45) is 0 Å². The monoisotopic (exact) mass is 398 g/mol. The fraction of sp³-hybridized carbons (Fsp3) is 0.267. The Morgan fingerprint density at radius 1 is 1.30 bits per heavy atom. The quantitative estimate of drug-likeness (QED) is 0.638. The van der Waals surface area contributed by atoms with E-state index in [2.05, 4.69) is 31.0 Å². The van der Waals surface area contributed by atoms with Gasteiger partial charge < -0.3 is 0 Å². The van der Waals surface area contributed by atoms with E-state index in [0.717, 1.165) is 20.5 Å². The minimum absolute atomic E-state index is 0.375. The largest absolute Gasteiger partial charge is 0.258 e. The molecule has 0 aliphatic heterocycles. The summed E-state index contributed by atoms with van der Waals surface area (Å²) < 4.78 is 27.9. The Labute approximate surface area is 144 Å². The highest BCUT2D eigenvalue weighted by Crippen LogP contribution is 2.28. The van der Waals surface area contributed by atoms with Crippen LogP contribution in [0.4, 0.5) is 8.78 Å². The smallest absolute Gasteiger partial charge is 0.241 e. The molecular formula is C15H13BrF2N4S. The number of alkyl halides is 2. The second-order valence-corrected chi connectivity index (χ2v) is 6.97. The highest BCUT2D eigenvalue weighted by molar-refractivity contribution is 9.10. The zero-order valence-electron chi connectivity index (χ0n) is 12.4. The molecule has 0 spiro atoms. The van der Waals surface area contributed by atoms with Gasteiger partial charge in [0, 0.05) is 14.9 Å². The summed E-state index contributed by atoms with van der Waals surface area (Å²) in [6.45, 7) is 3.34. The maximum atomic E-state index is 12.9. The van der Waals surface area contributed by atoms with Gasteiger partial charge in [-0.05, 0) is 37.6 Å². The number of nitrogens with zero attached hydrogens (tertiary/aromatic N) is 4. The van der Waals surface area contributed by atoms with Crippen LogP contribution in [0.25, 0.3) is 22.9 Å². The Balaban J connectivity index is 2.10. The second kappa shape index (κ2) is 6.45. The van der Waals surface area contributed by atoms with Gasteiger partial charge in [0.15, 0.2) is 11.6 Å².